The van der Waals surface area contributed by atoms with Crippen LogP contribution in [0.4, 0.5) is 0 Å². The zero-order chi connectivity index (χ0) is 52.0. The zero-order valence-electron chi connectivity index (χ0n) is 48.2. The lowest BCUT2D eigenvalue weighted by molar-refractivity contribution is -0.870. The van der Waals surface area contributed by atoms with Gasteiger partial charge in [0.2, 0.25) is 5.91 Å². The molecule has 2 N–H and O–H groups in total. The molecule has 3 unspecified atom stereocenters. The fraction of sp³-hybridized carbons (Fsp3) is 0.919. The Balaban J connectivity index is 4.10. The van der Waals surface area contributed by atoms with Gasteiger partial charge in [-0.15, -0.1) is 0 Å². The van der Waals surface area contributed by atoms with Crippen molar-refractivity contribution in [3.8, 4) is 0 Å². The van der Waals surface area contributed by atoms with Crippen molar-refractivity contribution in [2.75, 3.05) is 40.9 Å². The lowest BCUT2D eigenvalue weighted by atomic mass is 10.0. The number of phosphoric acid groups is 1. The molecule has 0 heterocycles. The van der Waals surface area contributed by atoms with Gasteiger partial charge >= 0.3 is 0 Å². The molecule has 0 aromatic rings. The van der Waals surface area contributed by atoms with Crippen molar-refractivity contribution in [2.24, 2.45) is 0 Å². The molecule has 0 rings (SSSR count). The number of aliphatic hydroxyl groups is 1. The van der Waals surface area contributed by atoms with Crippen LogP contribution in [-0.2, 0) is 18.4 Å². The van der Waals surface area contributed by atoms with Gasteiger partial charge in [0.25, 0.3) is 7.82 Å². The normalized spacial score (nSPS) is 14.0. The monoisotopic (exact) mass is 1020 g/mol. The van der Waals surface area contributed by atoms with Gasteiger partial charge in [0, 0.05) is 6.42 Å². The van der Waals surface area contributed by atoms with Crippen LogP contribution in [0.25, 0.3) is 0 Å². The fourth-order valence-corrected chi connectivity index (χ4v) is 10.2. The molecule has 3 atom stereocenters. The van der Waals surface area contributed by atoms with Crippen LogP contribution in [0.1, 0.15) is 316 Å². The maximum atomic E-state index is 13.0. The maximum absolute atomic E-state index is 13.0. The average Bonchev–Trinajstić information content (AvgIpc) is 3.33. The van der Waals surface area contributed by atoms with E-state index >= 15 is 0 Å². The van der Waals surface area contributed by atoms with Crippen LogP contribution >= 0.6 is 7.82 Å². The predicted molar refractivity (Wildman–Crippen MR) is 307 cm³/mol. The molecule has 9 heteroatoms. The van der Waals surface area contributed by atoms with Gasteiger partial charge in [-0.3, -0.25) is 9.36 Å². The molecule has 0 saturated heterocycles. The van der Waals surface area contributed by atoms with Gasteiger partial charge in [-0.25, -0.2) is 0 Å². The second kappa shape index (κ2) is 53.8. The highest BCUT2D eigenvalue weighted by molar-refractivity contribution is 7.45. The van der Waals surface area contributed by atoms with E-state index in [0.29, 0.717) is 17.4 Å². The van der Waals surface area contributed by atoms with Crippen molar-refractivity contribution in [3.63, 3.8) is 0 Å². The lowest BCUT2D eigenvalue weighted by Gasteiger charge is -2.29. The third kappa shape index (κ3) is 56.5. The van der Waals surface area contributed by atoms with Crippen molar-refractivity contribution in [2.45, 2.75) is 328 Å². The number of hydrogen-bond donors (Lipinski definition) is 2. The van der Waals surface area contributed by atoms with Crippen LogP contribution in [0.15, 0.2) is 24.3 Å². The SMILES string of the molecule is CCCCCCCC/C=C\CCCCCCCCCCCC(=O)NC(COP(=O)([O-])OCC[N+](C)(C)C)C(O)/C=C/CCCCCCCCCCCCCCCCCCCCCCCCCCCCCC. The third-order valence-electron chi connectivity index (χ3n) is 14.4. The van der Waals surface area contributed by atoms with Crippen molar-refractivity contribution in [1.29, 1.82) is 0 Å². The minimum atomic E-state index is -4.60. The van der Waals surface area contributed by atoms with Crippen LogP contribution in [0.3, 0.4) is 0 Å². The Morgan fingerprint density at radius 2 is 0.775 bits per heavy atom. The first-order valence-electron chi connectivity index (χ1n) is 31.2. The molecule has 0 aromatic heterocycles. The average molecular weight is 1020 g/mol. The highest BCUT2D eigenvalue weighted by Crippen LogP contribution is 2.38. The summed E-state index contributed by atoms with van der Waals surface area (Å²) in [6, 6.07) is -0.887. The van der Waals surface area contributed by atoms with E-state index in [1.165, 1.54) is 257 Å². The molecular weight excluding hydrogens is 900 g/mol. The highest BCUT2D eigenvalue weighted by atomic mass is 31.2. The first kappa shape index (κ1) is 70.0. The second-order valence-electron chi connectivity index (χ2n) is 22.8. The minimum Gasteiger partial charge on any atom is -0.756 e. The largest absolute Gasteiger partial charge is 0.756 e. The number of rotatable bonds is 58. The number of nitrogens with one attached hydrogen (secondary N) is 1. The molecule has 0 fully saturated rings. The number of carbonyl (C=O) groups excluding carboxylic acids is 1. The lowest BCUT2D eigenvalue weighted by Crippen LogP contribution is -2.45. The molecule has 422 valence electrons. The standard InChI is InChI=1S/C62H123N2O6P/c1-6-8-10-12-14-16-18-20-22-24-26-27-28-29-30-31-32-33-34-35-36-38-39-41-43-45-47-49-51-53-55-61(65)60(59-70-71(67,68)69-58-57-64(3,4)5)63-62(66)56-54-52-50-48-46-44-42-40-37-25-23-21-19-17-15-13-11-9-7-2/h21,23,53,55,60-61,65H,6-20,22,24-52,54,56-59H2,1-5H3,(H-,63,66,67,68)/b23-21-,55-53+. The molecule has 0 saturated carbocycles. The van der Waals surface area contributed by atoms with Crippen LogP contribution in [0.2, 0.25) is 0 Å². The summed E-state index contributed by atoms with van der Waals surface area (Å²) in [7, 11) is 1.27. The highest BCUT2D eigenvalue weighted by Gasteiger charge is 2.23. The smallest absolute Gasteiger partial charge is 0.268 e. The van der Waals surface area contributed by atoms with E-state index < -0.39 is 20.0 Å². The number of amides is 1. The van der Waals surface area contributed by atoms with E-state index in [1.807, 2.05) is 27.2 Å². The predicted octanol–water partition coefficient (Wildman–Crippen LogP) is 18.5. The Kier molecular flexibility index (Phi) is 53.0. The molecule has 0 aliphatic heterocycles. The Bertz CT molecular complexity index is 1210. The summed E-state index contributed by atoms with van der Waals surface area (Å²) in [6.45, 7) is 4.69. The number of carbonyl (C=O) groups is 1. The Hall–Kier alpha value is -1.02. The van der Waals surface area contributed by atoms with Gasteiger partial charge in [0.1, 0.15) is 13.2 Å². The second-order valence-corrected chi connectivity index (χ2v) is 24.2. The Labute approximate surface area is 443 Å². The van der Waals surface area contributed by atoms with E-state index in [1.54, 1.807) is 6.08 Å². The molecule has 0 aliphatic carbocycles. The van der Waals surface area contributed by atoms with Gasteiger partial charge in [-0.2, -0.15) is 0 Å². The quantitative estimate of drug-likeness (QED) is 0.0272. The summed E-state index contributed by atoms with van der Waals surface area (Å²) in [4.78, 5) is 25.5. The summed E-state index contributed by atoms with van der Waals surface area (Å²) < 4.78 is 23.4. The number of nitrogens with zero attached hydrogens (tertiary/aromatic N) is 1. The van der Waals surface area contributed by atoms with Crippen LogP contribution in [0.5, 0.6) is 0 Å². The number of aliphatic hydroxyl groups excluding tert-OH is 1. The number of likely N-dealkylation sites (N-methyl/N-ethyl adjacent to an activating group) is 1. The van der Waals surface area contributed by atoms with Gasteiger partial charge < -0.3 is 28.8 Å². The van der Waals surface area contributed by atoms with Crippen molar-refractivity contribution in [1.82, 2.24) is 5.32 Å². The van der Waals surface area contributed by atoms with E-state index in [9.17, 15) is 19.4 Å². The number of phosphoric ester groups is 1. The van der Waals surface area contributed by atoms with Crippen molar-refractivity contribution < 1.29 is 32.9 Å². The topological polar surface area (TPSA) is 108 Å². The van der Waals surface area contributed by atoms with E-state index in [4.69, 9.17) is 9.05 Å². The molecule has 71 heavy (non-hydrogen) atoms. The van der Waals surface area contributed by atoms with Crippen LogP contribution in [-0.4, -0.2) is 68.5 Å². The molecule has 0 aromatic carbocycles. The summed E-state index contributed by atoms with van der Waals surface area (Å²) in [6.07, 6.45) is 68.4. The summed E-state index contributed by atoms with van der Waals surface area (Å²) in [5, 5.41) is 13.9. The maximum Gasteiger partial charge on any atom is 0.268 e. The minimum absolute atomic E-state index is 0.000423. The summed E-state index contributed by atoms with van der Waals surface area (Å²) in [5.74, 6) is -0.195. The number of hydrogen-bond acceptors (Lipinski definition) is 6. The molecule has 1 amide bonds. The van der Waals surface area contributed by atoms with E-state index in [2.05, 4.69) is 31.3 Å². The van der Waals surface area contributed by atoms with Gasteiger partial charge in [-0.05, 0) is 44.9 Å². The molecule has 0 spiro atoms. The summed E-state index contributed by atoms with van der Waals surface area (Å²) in [5.41, 5.74) is 0. The van der Waals surface area contributed by atoms with Crippen LogP contribution < -0.4 is 10.2 Å². The van der Waals surface area contributed by atoms with Gasteiger partial charge in [-0.1, -0.05) is 289 Å². The van der Waals surface area contributed by atoms with Gasteiger partial charge in [0.05, 0.1) is 39.9 Å². The fourth-order valence-electron chi connectivity index (χ4n) is 9.50. The molecular formula is C62H123N2O6P. The first-order valence-corrected chi connectivity index (χ1v) is 32.7. The molecule has 0 bridgehead atoms. The zero-order valence-corrected chi connectivity index (χ0v) is 49.1. The molecule has 0 aliphatic rings. The van der Waals surface area contributed by atoms with Crippen molar-refractivity contribution in [3.05, 3.63) is 24.3 Å². The number of unbranched alkanes of at least 4 members (excludes halogenated alkanes) is 43. The Morgan fingerprint density at radius 3 is 1.10 bits per heavy atom. The molecule has 8 nitrogen and oxygen atoms in total. The third-order valence-corrected chi connectivity index (χ3v) is 15.4. The summed E-state index contributed by atoms with van der Waals surface area (Å²) >= 11 is 0. The van der Waals surface area contributed by atoms with E-state index in [0.717, 1.165) is 38.5 Å². The van der Waals surface area contributed by atoms with Gasteiger partial charge in [0.15, 0.2) is 0 Å². The molecule has 0 radical (unpaired) electrons. The first-order chi connectivity index (χ1) is 34.5. The number of allylic oxidation sites excluding steroid dienone is 3. The Morgan fingerprint density at radius 1 is 0.479 bits per heavy atom. The number of quaternary nitrogens is 1. The van der Waals surface area contributed by atoms with Crippen molar-refractivity contribution >= 4 is 13.7 Å². The van der Waals surface area contributed by atoms with Crippen LogP contribution in [0, 0.1) is 0 Å². The van der Waals surface area contributed by atoms with E-state index in [-0.39, 0.29) is 19.1 Å².